The van der Waals surface area contributed by atoms with Crippen LogP contribution in [0.4, 0.5) is 0 Å². The van der Waals surface area contributed by atoms with Gasteiger partial charge in [0.1, 0.15) is 0 Å². The Kier molecular flexibility index (Phi) is 8.99. The van der Waals surface area contributed by atoms with Crippen LogP contribution in [0, 0.1) is 5.92 Å². The fourth-order valence-corrected chi connectivity index (χ4v) is 10.9. The lowest BCUT2D eigenvalue weighted by atomic mass is 10.0. The number of hydrogen-bond acceptors (Lipinski definition) is 1. The van der Waals surface area contributed by atoms with Gasteiger partial charge in [0.25, 0.3) is 0 Å². The molecule has 0 N–H and O–H groups in total. The van der Waals surface area contributed by atoms with Crippen LogP contribution < -0.4 is 21.2 Å². The summed E-state index contributed by atoms with van der Waals surface area (Å²) < 4.78 is 2.78. The van der Waals surface area contributed by atoms with E-state index < -0.39 is 16.0 Å². The molecule has 41 heavy (non-hydrogen) atoms. The fraction of sp³-hybridized carbons (Fsp3) is 0.105. The Hall–Kier alpha value is -3.60. The molecular weight excluding hydrogens is 532 g/mol. The van der Waals surface area contributed by atoms with Gasteiger partial charge in [-0.15, -0.1) is 0 Å². The molecule has 0 heterocycles. The van der Waals surface area contributed by atoms with E-state index in [0.717, 1.165) is 6.54 Å². The second-order valence-electron chi connectivity index (χ2n) is 10.3. The molecule has 5 aromatic rings. The molecule has 0 aromatic heterocycles. The number of benzene rings is 5. The minimum Gasteiger partial charge on any atom is -0.267 e. The molecular formula is C38H35NP2. The van der Waals surface area contributed by atoms with Crippen molar-refractivity contribution in [1.29, 1.82) is 0 Å². The van der Waals surface area contributed by atoms with Crippen LogP contribution in [0.1, 0.15) is 12.5 Å². The van der Waals surface area contributed by atoms with Gasteiger partial charge < -0.3 is 0 Å². The zero-order chi connectivity index (χ0) is 27.9. The Bertz CT molecular complexity index is 1490. The Labute approximate surface area is 247 Å². The standard InChI is InChI=1S/C38H35NP2/c1-31(37-28-17-29-38(37)40(33-20-9-3-10-21-33)34-22-11-4-12-23-34)39(30-32-18-7-2-8-19-32)41(35-24-13-5-14-25-35)36-26-15-6-16-27-36/h2-29,31,37H,30H2,1H3/t31-,37?/m1/s1. The van der Waals surface area contributed by atoms with E-state index in [4.69, 9.17) is 0 Å². The van der Waals surface area contributed by atoms with Crippen molar-refractivity contribution in [3.8, 4) is 0 Å². The molecule has 0 bridgehead atoms. The zero-order valence-corrected chi connectivity index (χ0v) is 25.2. The maximum Gasteiger partial charge on any atom is 0.0287 e. The minimum absolute atomic E-state index is 0.282. The number of allylic oxidation sites excluding steroid dienone is 2. The lowest BCUT2D eigenvalue weighted by Crippen LogP contribution is -2.39. The van der Waals surface area contributed by atoms with Gasteiger partial charge in [0.2, 0.25) is 0 Å². The molecule has 1 unspecified atom stereocenters. The van der Waals surface area contributed by atoms with Crippen molar-refractivity contribution >= 4 is 37.2 Å². The molecule has 0 amide bonds. The fourth-order valence-electron chi connectivity index (χ4n) is 5.65. The average molecular weight is 568 g/mol. The van der Waals surface area contributed by atoms with Crippen LogP contribution in [-0.2, 0) is 6.54 Å². The predicted octanol–water partition coefficient (Wildman–Crippen LogP) is 8.13. The summed E-state index contributed by atoms with van der Waals surface area (Å²) in [5, 5.41) is 7.11. The Morgan fingerprint density at radius 3 is 1.44 bits per heavy atom. The van der Waals surface area contributed by atoms with Crippen molar-refractivity contribution < 1.29 is 0 Å². The highest BCUT2D eigenvalue weighted by atomic mass is 31.1. The van der Waals surface area contributed by atoms with Crippen LogP contribution in [0.25, 0.3) is 0 Å². The maximum absolute atomic E-state index is 2.78. The highest BCUT2D eigenvalue weighted by Crippen LogP contribution is 2.53. The minimum atomic E-state index is -0.761. The van der Waals surface area contributed by atoms with Gasteiger partial charge in [-0.05, 0) is 46.9 Å². The molecule has 202 valence electrons. The van der Waals surface area contributed by atoms with E-state index in [0.29, 0.717) is 5.92 Å². The SMILES string of the molecule is C[C@H](C1C=CC=C1P(c1ccccc1)c1ccccc1)N(Cc1ccccc1)P(c1ccccc1)c1ccccc1. The van der Waals surface area contributed by atoms with Crippen LogP contribution in [0.2, 0.25) is 0 Å². The summed E-state index contributed by atoms with van der Waals surface area (Å²) in [6.07, 6.45) is 7.15. The van der Waals surface area contributed by atoms with Crippen LogP contribution in [0.5, 0.6) is 0 Å². The molecule has 0 saturated heterocycles. The summed E-state index contributed by atoms with van der Waals surface area (Å²) in [5.41, 5.74) is 1.35. The van der Waals surface area contributed by atoms with E-state index in [9.17, 15) is 0 Å². The predicted molar refractivity (Wildman–Crippen MR) is 180 cm³/mol. The van der Waals surface area contributed by atoms with Crippen molar-refractivity contribution in [2.75, 3.05) is 0 Å². The van der Waals surface area contributed by atoms with Crippen LogP contribution in [0.3, 0.4) is 0 Å². The van der Waals surface area contributed by atoms with E-state index in [1.165, 1.54) is 32.1 Å². The molecule has 6 rings (SSSR count). The first-order chi connectivity index (χ1) is 20.3. The van der Waals surface area contributed by atoms with Crippen molar-refractivity contribution in [3.63, 3.8) is 0 Å². The van der Waals surface area contributed by atoms with Gasteiger partial charge in [0.15, 0.2) is 0 Å². The number of rotatable bonds is 10. The van der Waals surface area contributed by atoms with Crippen LogP contribution >= 0.6 is 16.0 Å². The van der Waals surface area contributed by atoms with E-state index in [1.54, 1.807) is 0 Å². The lowest BCUT2D eigenvalue weighted by molar-refractivity contribution is 0.322. The molecule has 1 aliphatic carbocycles. The van der Waals surface area contributed by atoms with Crippen molar-refractivity contribution in [2.24, 2.45) is 5.92 Å². The van der Waals surface area contributed by atoms with E-state index in [1.807, 2.05) is 0 Å². The Morgan fingerprint density at radius 1 is 0.561 bits per heavy atom. The van der Waals surface area contributed by atoms with Crippen LogP contribution in [0.15, 0.2) is 175 Å². The summed E-state index contributed by atoms with van der Waals surface area (Å²) in [6.45, 7) is 3.34. The van der Waals surface area contributed by atoms with Crippen molar-refractivity contribution in [3.05, 3.63) is 181 Å². The highest BCUT2D eigenvalue weighted by molar-refractivity contribution is 7.76. The van der Waals surface area contributed by atoms with Gasteiger partial charge in [0, 0.05) is 26.6 Å². The number of hydrogen-bond donors (Lipinski definition) is 0. The molecule has 0 spiro atoms. The molecule has 0 radical (unpaired) electrons. The van der Waals surface area contributed by atoms with E-state index in [-0.39, 0.29) is 6.04 Å². The maximum atomic E-state index is 2.78. The van der Waals surface area contributed by atoms with Gasteiger partial charge in [-0.25, -0.2) is 0 Å². The highest BCUT2D eigenvalue weighted by Gasteiger charge is 2.36. The third kappa shape index (κ3) is 6.34. The quantitative estimate of drug-likeness (QED) is 0.154. The molecule has 1 nitrogen and oxygen atoms in total. The van der Waals surface area contributed by atoms with Gasteiger partial charge in [-0.1, -0.05) is 170 Å². The molecule has 5 aromatic carbocycles. The molecule has 1 aliphatic rings. The van der Waals surface area contributed by atoms with Gasteiger partial charge in [-0.2, -0.15) is 0 Å². The number of nitrogens with zero attached hydrogens (tertiary/aromatic N) is 1. The Morgan fingerprint density at radius 2 is 0.976 bits per heavy atom. The van der Waals surface area contributed by atoms with Crippen LogP contribution in [-0.4, -0.2) is 10.7 Å². The van der Waals surface area contributed by atoms with Crippen molar-refractivity contribution in [2.45, 2.75) is 19.5 Å². The van der Waals surface area contributed by atoms with Gasteiger partial charge in [0.05, 0.1) is 0 Å². The molecule has 0 aliphatic heterocycles. The smallest absolute Gasteiger partial charge is 0.0287 e. The van der Waals surface area contributed by atoms with Gasteiger partial charge in [-0.3, -0.25) is 4.67 Å². The molecule has 0 saturated carbocycles. The summed E-state index contributed by atoms with van der Waals surface area (Å²) in [7, 11) is -1.42. The van der Waals surface area contributed by atoms with E-state index >= 15 is 0 Å². The molecule has 2 atom stereocenters. The monoisotopic (exact) mass is 567 g/mol. The average Bonchev–Trinajstić information content (AvgIpc) is 3.52. The van der Waals surface area contributed by atoms with E-state index in [2.05, 4.69) is 181 Å². The molecule has 0 fully saturated rings. The topological polar surface area (TPSA) is 3.24 Å². The lowest BCUT2D eigenvalue weighted by Gasteiger charge is -2.41. The molecule has 3 heteroatoms. The Balaban J connectivity index is 1.44. The summed E-state index contributed by atoms with van der Waals surface area (Å²) in [6, 6.07) is 55.7. The first kappa shape index (κ1) is 27.6. The van der Waals surface area contributed by atoms with Gasteiger partial charge >= 0.3 is 0 Å². The first-order valence-corrected chi connectivity index (χ1v) is 16.9. The summed E-state index contributed by atoms with van der Waals surface area (Å²) in [5.74, 6) is 0.308. The summed E-state index contributed by atoms with van der Waals surface area (Å²) >= 11 is 0. The zero-order valence-electron chi connectivity index (χ0n) is 23.4. The summed E-state index contributed by atoms with van der Waals surface area (Å²) in [4.78, 5) is 0. The second kappa shape index (κ2) is 13.4. The third-order valence-electron chi connectivity index (χ3n) is 7.65. The second-order valence-corrected chi connectivity index (χ2v) is 14.7. The third-order valence-corrected chi connectivity index (χ3v) is 12.8. The largest absolute Gasteiger partial charge is 0.267 e. The first-order valence-electron chi connectivity index (χ1n) is 14.3. The normalized spacial score (nSPS) is 15.4. The van der Waals surface area contributed by atoms with Crippen molar-refractivity contribution in [1.82, 2.24) is 4.67 Å².